The first-order chi connectivity index (χ1) is 10.3. The predicted molar refractivity (Wildman–Crippen MR) is 73.7 cm³/mol. The van der Waals surface area contributed by atoms with Crippen LogP contribution in [0.3, 0.4) is 0 Å². The zero-order chi connectivity index (χ0) is 16.9. The van der Waals surface area contributed by atoms with Crippen molar-refractivity contribution in [2.75, 3.05) is 20.8 Å². The maximum absolute atomic E-state index is 15.1. The smallest absolute Gasteiger partial charge is 0.356 e. The molecule has 0 amide bonds. The van der Waals surface area contributed by atoms with Gasteiger partial charge in [0.05, 0.1) is 14.2 Å². The molecule has 1 rings (SSSR count). The van der Waals surface area contributed by atoms with E-state index in [1.165, 1.54) is 12.1 Å². The quantitative estimate of drug-likeness (QED) is 0.341. The average molecular weight is 313 g/mol. The van der Waals surface area contributed by atoms with Crippen molar-refractivity contribution < 1.29 is 28.4 Å². The molecule has 1 aromatic carbocycles. The van der Waals surface area contributed by atoms with E-state index in [9.17, 15) is 19.7 Å². The fourth-order valence-corrected chi connectivity index (χ4v) is 2.07. The predicted octanol–water partition coefficient (Wildman–Crippen LogP) is 1.41. The van der Waals surface area contributed by atoms with E-state index in [-0.39, 0.29) is 5.56 Å². The molecule has 0 fully saturated rings. The standard InChI is InChI=1S/C14H16FNO6/c1-9-4-6-10(7-5-9)11(8-16(19)20)14(15,12(17)21-2)13(18)22-3/h4-7,11H,8H2,1-3H3/t11-/m0/s1. The topological polar surface area (TPSA) is 95.7 Å². The second kappa shape index (κ2) is 6.97. The second-order valence-corrected chi connectivity index (χ2v) is 4.67. The van der Waals surface area contributed by atoms with Gasteiger partial charge in [-0.2, -0.15) is 0 Å². The van der Waals surface area contributed by atoms with Crippen LogP contribution in [0.5, 0.6) is 0 Å². The number of rotatable bonds is 6. The highest BCUT2D eigenvalue weighted by atomic mass is 19.1. The normalized spacial score (nSPS) is 12.4. The van der Waals surface area contributed by atoms with E-state index in [4.69, 9.17) is 0 Å². The van der Waals surface area contributed by atoms with Crippen LogP contribution in [0.15, 0.2) is 24.3 Å². The van der Waals surface area contributed by atoms with E-state index >= 15 is 4.39 Å². The summed E-state index contributed by atoms with van der Waals surface area (Å²) in [7, 11) is 1.77. The van der Waals surface area contributed by atoms with Crippen molar-refractivity contribution in [2.45, 2.75) is 18.5 Å². The molecule has 7 nitrogen and oxygen atoms in total. The van der Waals surface area contributed by atoms with Crippen molar-refractivity contribution in [3.63, 3.8) is 0 Å². The fourth-order valence-electron chi connectivity index (χ4n) is 2.07. The van der Waals surface area contributed by atoms with E-state index in [1.807, 2.05) is 0 Å². The van der Waals surface area contributed by atoms with E-state index < -0.39 is 35.0 Å². The van der Waals surface area contributed by atoms with E-state index in [0.29, 0.717) is 0 Å². The van der Waals surface area contributed by atoms with Crippen LogP contribution in [-0.4, -0.2) is 43.3 Å². The summed E-state index contributed by atoms with van der Waals surface area (Å²) < 4.78 is 23.8. The van der Waals surface area contributed by atoms with Gasteiger partial charge >= 0.3 is 17.6 Å². The number of esters is 2. The summed E-state index contributed by atoms with van der Waals surface area (Å²) >= 11 is 0. The SMILES string of the molecule is COC(=O)C(F)(C(=O)OC)[C@@H](C[N+](=O)[O-])c1ccc(C)cc1. The molecule has 8 heteroatoms. The molecule has 0 aliphatic carbocycles. The van der Waals surface area contributed by atoms with Crippen LogP contribution in [0.25, 0.3) is 0 Å². The van der Waals surface area contributed by atoms with Crippen LogP contribution in [0.4, 0.5) is 4.39 Å². The van der Waals surface area contributed by atoms with Gasteiger partial charge in [0, 0.05) is 4.92 Å². The summed E-state index contributed by atoms with van der Waals surface area (Å²) in [5, 5.41) is 10.9. The lowest BCUT2D eigenvalue weighted by Gasteiger charge is -2.26. The van der Waals surface area contributed by atoms with Crippen molar-refractivity contribution in [3.8, 4) is 0 Å². The molecule has 0 bridgehead atoms. The van der Waals surface area contributed by atoms with Gasteiger partial charge in [0.1, 0.15) is 5.92 Å². The van der Waals surface area contributed by atoms with Gasteiger partial charge in [-0.15, -0.1) is 0 Å². The Morgan fingerprint density at radius 1 is 1.23 bits per heavy atom. The summed E-state index contributed by atoms with van der Waals surface area (Å²) in [4.78, 5) is 33.6. The van der Waals surface area contributed by atoms with Crippen molar-refractivity contribution in [3.05, 3.63) is 45.5 Å². The van der Waals surface area contributed by atoms with Gasteiger partial charge in [0.25, 0.3) is 0 Å². The van der Waals surface area contributed by atoms with Crippen molar-refractivity contribution in [1.29, 1.82) is 0 Å². The number of hydrogen-bond acceptors (Lipinski definition) is 6. The Morgan fingerprint density at radius 2 is 1.68 bits per heavy atom. The third kappa shape index (κ3) is 3.38. The number of carbonyl (C=O) groups excluding carboxylic acids is 2. The minimum atomic E-state index is -3.30. The molecule has 0 aliphatic heterocycles. The molecule has 0 radical (unpaired) electrons. The Labute approximate surface area is 126 Å². The summed E-state index contributed by atoms with van der Waals surface area (Å²) in [6, 6.07) is 6.03. The van der Waals surface area contributed by atoms with Gasteiger partial charge in [-0.05, 0) is 12.5 Å². The average Bonchev–Trinajstić information content (AvgIpc) is 2.50. The molecule has 0 heterocycles. The van der Waals surface area contributed by atoms with Gasteiger partial charge in [0.15, 0.2) is 0 Å². The number of alkyl halides is 1. The Hall–Kier alpha value is -2.51. The summed E-state index contributed by atoms with van der Waals surface area (Å²) in [6.07, 6.45) is 0. The van der Waals surface area contributed by atoms with E-state index in [0.717, 1.165) is 19.8 Å². The van der Waals surface area contributed by atoms with Gasteiger partial charge < -0.3 is 9.47 Å². The molecular weight excluding hydrogens is 297 g/mol. The van der Waals surface area contributed by atoms with Crippen LogP contribution in [0.1, 0.15) is 17.0 Å². The zero-order valence-electron chi connectivity index (χ0n) is 12.4. The number of ether oxygens (including phenoxy) is 2. The molecule has 0 aliphatic rings. The summed E-state index contributed by atoms with van der Waals surface area (Å²) in [5.41, 5.74) is -2.34. The highest BCUT2D eigenvalue weighted by molar-refractivity contribution is 6.04. The summed E-state index contributed by atoms with van der Waals surface area (Å²) in [6.45, 7) is 0.805. The van der Waals surface area contributed by atoms with Gasteiger partial charge in [0.2, 0.25) is 6.54 Å². The number of halogens is 1. The Bertz CT molecular complexity index is 555. The number of nitro groups is 1. The number of benzene rings is 1. The van der Waals surface area contributed by atoms with Crippen molar-refractivity contribution in [2.24, 2.45) is 0 Å². The lowest BCUT2D eigenvalue weighted by Crippen LogP contribution is -2.51. The van der Waals surface area contributed by atoms with Gasteiger partial charge in [-0.25, -0.2) is 14.0 Å². The summed E-state index contributed by atoms with van der Waals surface area (Å²) in [5.74, 6) is -4.73. The molecule has 0 N–H and O–H groups in total. The van der Waals surface area contributed by atoms with Crippen LogP contribution in [-0.2, 0) is 19.1 Å². The van der Waals surface area contributed by atoms with Crippen LogP contribution >= 0.6 is 0 Å². The maximum Gasteiger partial charge on any atom is 0.356 e. The Balaban J connectivity index is 3.44. The molecule has 22 heavy (non-hydrogen) atoms. The fraction of sp³-hybridized carbons (Fsp3) is 0.429. The number of hydrogen-bond donors (Lipinski definition) is 0. The minimum absolute atomic E-state index is 0.126. The van der Waals surface area contributed by atoms with Crippen molar-refractivity contribution in [1.82, 2.24) is 0 Å². The number of nitrogens with zero attached hydrogens (tertiary/aromatic N) is 1. The Morgan fingerprint density at radius 3 is 2.05 bits per heavy atom. The molecule has 0 spiro atoms. The third-order valence-electron chi connectivity index (χ3n) is 3.26. The maximum atomic E-state index is 15.1. The van der Waals surface area contributed by atoms with E-state index in [1.54, 1.807) is 19.1 Å². The lowest BCUT2D eigenvalue weighted by atomic mass is 9.83. The highest BCUT2D eigenvalue weighted by Gasteiger charge is 2.58. The second-order valence-electron chi connectivity index (χ2n) is 4.67. The first-order valence-electron chi connectivity index (χ1n) is 6.31. The van der Waals surface area contributed by atoms with Gasteiger partial charge in [-0.1, -0.05) is 29.8 Å². The molecule has 120 valence electrons. The molecule has 1 atom stereocenters. The number of aryl methyl sites for hydroxylation is 1. The van der Waals surface area contributed by atoms with Crippen molar-refractivity contribution >= 4 is 11.9 Å². The molecular formula is C14H16FNO6. The molecule has 0 aromatic heterocycles. The minimum Gasteiger partial charge on any atom is -0.466 e. The zero-order valence-corrected chi connectivity index (χ0v) is 12.4. The van der Waals surface area contributed by atoms with Crippen LogP contribution in [0.2, 0.25) is 0 Å². The van der Waals surface area contributed by atoms with E-state index in [2.05, 4.69) is 9.47 Å². The first-order valence-corrected chi connectivity index (χ1v) is 6.31. The third-order valence-corrected chi connectivity index (χ3v) is 3.26. The highest BCUT2D eigenvalue weighted by Crippen LogP contribution is 2.35. The first kappa shape index (κ1) is 17.5. The monoisotopic (exact) mass is 313 g/mol. The lowest BCUT2D eigenvalue weighted by molar-refractivity contribution is -0.485. The molecule has 0 saturated heterocycles. The molecule has 1 aromatic rings. The van der Waals surface area contributed by atoms with Gasteiger partial charge in [-0.3, -0.25) is 10.1 Å². The number of methoxy groups -OCH3 is 2. The van der Waals surface area contributed by atoms with Crippen LogP contribution in [0, 0.1) is 17.0 Å². The largest absolute Gasteiger partial charge is 0.466 e. The number of carbonyl (C=O) groups is 2. The Kier molecular flexibility index (Phi) is 5.56. The molecule has 0 saturated carbocycles. The van der Waals surface area contributed by atoms with Crippen LogP contribution < -0.4 is 0 Å². The molecule has 0 unspecified atom stereocenters.